The fourth-order valence-electron chi connectivity index (χ4n) is 2.89. The molecule has 3 rings (SSSR count). The molecule has 0 radical (unpaired) electrons. The Balaban J connectivity index is 1.84. The molecule has 3 aromatic rings. The van der Waals surface area contributed by atoms with E-state index in [1.165, 1.54) is 11.3 Å². The van der Waals surface area contributed by atoms with Crippen LogP contribution in [-0.2, 0) is 13.0 Å². The molecule has 142 valence electrons. The van der Waals surface area contributed by atoms with Crippen molar-refractivity contribution < 1.29 is 4.79 Å². The number of aryl methyl sites for hydroxylation is 1. The van der Waals surface area contributed by atoms with Crippen molar-refractivity contribution in [1.82, 2.24) is 24.8 Å². The van der Waals surface area contributed by atoms with Crippen LogP contribution in [0.3, 0.4) is 0 Å². The quantitative estimate of drug-likeness (QED) is 0.702. The van der Waals surface area contributed by atoms with Gasteiger partial charge < -0.3 is 14.8 Å². The number of carbonyl (C=O) groups is 1. The molecule has 0 saturated heterocycles. The van der Waals surface area contributed by atoms with Crippen molar-refractivity contribution in [2.75, 3.05) is 27.7 Å². The van der Waals surface area contributed by atoms with Gasteiger partial charge in [0.1, 0.15) is 10.7 Å². The summed E-state index contributed by atoms with van der Waals surface area (Å²) in [5.41, 5.74) is 1.63. The summed E-state index contributed by atoms with van der Waals surface area (Å²) in [6, 6.07) is 3.89. The number of fused-ring (bicyclic) bond motifs is 1. The van der Waals surface area contributed by atoms with Gasteiger partial charge in [0.15, 0.2) is 0 Å². The lowest BCUT2D eigenvalue weighted by atomic mass is 10.1. The summed E-state index contributed by atoms with van der Waals surface area (Å²) < 4.78 is 0. The smallest absolute Gasteiger partial charge is 0.264 e. The summed E-state index contributed by atoms with van der Waals surface area (Å²) in [5, 5.41) is 0.508. The highest BCUT2D eigenvalue weighted by Crippen LogP contribution is 2.28. The molecule has 0 aliphatic rings. The van der Waals surface area contributed by atoms with E-state index in [2.05, 4.69) is 15.0 Å². The van der Waals surface area contributed by atoms with Crippen LogP contribution >= 0.6 is 11.3 Å². The Morgan fingerprint density at radius 2 is 1.93 bits per heavy atom. The molecule has 3 heterocycles. The summed E-state index contributed by atoms with van der Waals surface area (Å²) in [6.45, 7) is 2.94. The molecule has 8 heteroatoms. The molecule has 0 bridgehead atoms. The molecule has 27 heavy (non-hydrogen) atoms. The van der Waals surface area contributed by atoms with Gasteiger partial charge in [-0.1, -0.05) is 0 Å². The number of nitrogens with zero attached hydrogens (tertiary/aromatic N) is 4. The van der Waals surface area contributed by atoms with Gasteiger partial charge >= 0.3 is 0 Å². The highest BCUT2D eigenvalue weighted by molar-refractivity contribution is 7.20. The number of thiophene rings is 1. The van der Waals surface area contributed by atoms with Gasteiger partial charge in [-0.25, -0.2) is 4.98 Å². The second-order valence-corrected chi connectivity index (χ2v) is 7.82. The molecule has 3 aromatic heterocycles. The van der Waals surface area contributed by atoms with E-state index < -0.39 is 0 Å². The first-order valence-electron chi connectivity index (χ1n) is 8.68. The average Bonchev–Trinajstić information content (AvgIpc) is 2.96. The Labute approximate surface area is 161 Å². The number of aromatic nitrogens is 3. The van der Waals surface area contributed by atoms with E-state index in [1.54, 1.807) is 24.3 Å². The van der Waals surface area contributed by atoms with Crippen molar-refractivity contribution in [3.8, 4) is 0 Å². The van der Waals surface area contributed by atoms with Gasteiger partial charge in [0.2, 0.25) is 0 Å². The van der Waals surface area contributed by atoms with E-state index in [0.717, 1.165) is 12.0 Å². The number of hydrogen-bond acceptors (Lipinski definition) is 6. The number of rotatable bonds is 6. The van der Waals surface area contributed by atoms with Crippen molar-refractivity contribution in [2.45, 2.75) is 19.9 Å². The van der Waals surface area contributed by atoms with E-state index in [9.17, 15) is 9.59 Å². The van der Waals surface area contributed by atoms with Gasteiger partial charge in [-0.2, -0.15) is 0 Å². The van der Waals surface area contributed by atoms with Crippen molar-refractivity contribution in [2.24, 2.45) is 0 Å². The van der Waals surface area contributed by atoms with Crippen molar-refractivity contribution in [3.63, 3.8) is 0 Å². The first-order valence-corrected chi connectivity index (χ1v) is 9.50. The summed E-state index contributed by atoms with van der Waals surface area (Å²) >= 11 is 1.29. The highest BCUT2D eigenvalue weighted by Gasteiger charge is 2.21. The molecule has 0 atom stereocenters. The van der Waals surface area contributed by atoms with Gasteiger partial charge in [0.05, 0.1) is 16.8 Å². The van der Waals surface area contributed by atoms with Crippen LogP contribution in [0.1, 0.15) is 26.6 Å². The number of carbonyl (C=O) groups excluding carboxylic acids is 1. The molecular formula is C19H23N5O2S. The number of likely N-dealkylation sites (N-methyl/N-ethyl adjacent to an activating group) is 1. The number of hydrogen-bond donors (Lipinski definition) is 1. The topological polar surface area (TPSA) is 82.2 Å². The fourth-order valence-corrected chi connectivity index (χ4v) is 4.08. The van der Waals surface area contributed by atoms with Crippen LogP contribution in [0.25, 0.3) is 10.2 Å². The second kappa shape index (κ2) is 7.98. The van der Waals surface area contributed by atoms with Gasteiger partial charge in [-0.05, 0) is 50.7 Å². The number of amides is 1. The predicted molar refractivity (Wildman–Crippen MR) is 107 cm³/mol. The molecule has 0 aliphatic heterocycles. The first kappa shape index (κ1) is 19.2. The number of aromatic amines is 1. The van der Waals surface area contributed by atoms with Crippen LogP contribution in [0.4, 0.5) is 0 Å². The first-order chi connectivity index (χ1) is 12.9. The Hall–Kier alpha value is -2.58. The zero-order valence-electron chi connectivity index (χ0n) is 15.9. The molecule has 7 nitrogen and oxygen atoms in total. The fraction of sp³-hybridized carbons (Fsp3) is 0.368. The molecule has 0 aliphatic carbocycles. The molecule has 0 spiro atoms. The van der Waals surface area contributed by atoms with Crippen molar-refractivity contribution >= 4 is 27.5 Å². The minimum atomic E-state index is -0.191. The average molecular weight is 385 g/mol. The third-order valence-electron chi connectivity index (χ3n) is 4.34. The Morgan fingerprint density at radius 1 is 1.22 bits per heavy atom. The Kier molecular flexibility index (Phi) is 5.67. The molecule has 0 unspecified atom stereocenters. The summed E-state index contributed by atoms with van der Waals surface area (Å²) in [6.07, 6.45) is 4.24. The predicted octanol–water partition coefficient (Wildman–Crippen LogP) is 2.06. The summed E-state index contributed by atoms with van der Waals surface area (Å²) in [4.78, 5) is 41.5. The lowest BCUT2D eigenvalue weighted by Crippen LogP contribution is -2.28. The highest BCUT2D eigenvalue weighted by atomic mass is 32.1. The lowest BCUT2D eigenvalue weighted by Gasteiger charge is -2.16. The van der Waals surface area contributed by atoms with E-state index in [4.69, 9.17) is 0 Å². The molecule has 0 saturated carbocycles. The number of nitrogens with one attached hydrogen (secondary N) is 1. The van der Waals surface area contributed by atoms with Crippen molar-refractivity contribution in [3.05, 3.63) is 56.7 Å². The van der Waals surface area contributed by atoms with Gasteiger partial charge in [-0.15, -0.1) is 11.3 Å². The molecular weight excluding hydrogens is 362 g/mol. The Morgan fingerprint density at radius 3 is 2.59 bits per heavy atom. The maximum atomic E-state index is 12.9. The number of pyridine rings is 1. The zero-order valence-corrected chi connectivity index (χ0v) is 16.8. The van der Waals surface area contributed by atoms with Gasteiger partial charge in [0.25, 0.3) is 11.5 Å². The van der Waals surface area contributed by atoms with Crippen LogP contribution in [0.15, 0.2) is 29.3 Å². The second-order valence-electron chi connectivity index (χ2n) is 6.82. The monoisotopic (exact) mass is 385 g/mol. The maximum absolute atomic E-state index is 12.9. The normalized spacial score (nSPS) is 11.3. The van der Waals surface area contributed by atoms with E-state index in [1.807, 2.05) is 38.1 Å². The third-order valence-corrected chi connectivity index (χ3v) is 5.52. The van der Waals surface area contributed by atoms with E-state index in [-0.39, 0.29) is 11.5 Å². The summed E-state index contributed by atoms with van der Waals surface area (Å²) in [7, 11) is 5.61. The Bertz CT molecular complexity index is 1010. The molecule has 1 N–H and O–H groups in total. The minimum absolute atomic E-state index is 0.0851. The minimum Gasteiger partial charge on any atom is -0.341 e. The van der Waals surface area contributed by atoms with E-state index in [0.29, 0.717) is 39.6 Å². The SMILES string of the molecule is Cc1c(C(=O)N(C)CCc2ccncc2)sc2nc(CN(C)C)[nH]c(=O)c12. The lowest BCUT2D eigenvalue weighted by molar-refractivity contribution is 0.0801. The van der Waals surface area contributed by atoms with Gasteiger partial charge in [-0.3, -0.25) is 14.6 Å². The van der Waals surface area contributed by atoms with Gasteiger partial charge in [0, 0.05) is 26.0 Å². The molecule has 0 aromatic carbocycles. The zero-order chi connectivity index (χ0) is 19.6. The van der Waals surface area contributed by atoms with E-state index >= 15 is 0 Å². The molecule has 1 amide bonds. The third kappa shape index (κ3) is 4.23. The van der Waals surface area contributed by atoms with Crippen LogP contribution < -0.4 is 5.56 Å². The van der Waals surface area contributed by atoms with Crippen molar-refractivity contribution in [1.29, 1.82) is 0 Å². The van der Waals surface area contributed by atoms with Crippen LogP contribution in [0, 0.1) is 6.92 Å². The standard InChI is InChI=1S/C19H23N5O2S/c1-12-15-17(25)21-14(11-23(2)3)22-18(15)27-16(12)19(26)24(4)10-7-13-5-8-20-9-6-13/h5-6,8-9H,7,10-11H2,1-4H3,(H,21,22,25). The van der Waals surface area contributed by atoms with Crippen LogP contribution in [0.2, 0.25) is 0 Å². The largest absolute Gasteiger partial charge is 0.341 e. The van der Waals surface area contributed by atoms with Crippen LogP contribution in [-0.4, -0.2) is 58.3 Å². The number of H-pyrrole nitrogens is 1. The van der Waals surface area contributed by atoms with Crippen LogP contribution in [0.5, 0.6) is 0 Å². The summed E-state index contributed by atoms with van der Waals surface area (Å²) in [5.74, 6) is 0.516. The molecule has 0 fully saturated rings. The maximum Gasteiger partial charge on any atom is 0.264 e.